The van der Waals surface area contributed by atoms with Crippen LogP contribution in [0.15, 0.2) is 6.20 Å². The first kappa shape index (κ1) is 14.0. The molecule has 1 aromatic rings. The fourth-order valence-corrected chi connectivity index (χ4v) is 3.48. The van der Waals surface area contributed by atoms with Gasteiger partial charge in [-0.2, -0.15) is 0 Å². The second-order valence-electron chi connectivity index (χ2n) is 6.02. The highest BCUT2D eigenvalue weighted by Crippen LogP contribution is 2.35. The van der Waals surface area contributed by atoms with Crippen LogP contribution in [0.3, 0.4) is 0 Å². The molecular weight excluding hydrogens is 270 g/mol. The summed E-state index contributed by atoms with van der Waals surface area (Å²) in [6.45, 7) is 2.27. The molecule has 1 N–H and O–H groups in total. The Labute approximate surface area is 123 Å². The molecule has 1 aliphatic heterocycles. The first-order valence-corrected chi connectivity index (χ1v) is 7.54. The molecule has 7 heteroatoms. The van der Waals surface area contributed by atoms with Crippen LogP contribution >= 0.6 is 0 Å². The van der Waals surface area contributed by atoms with Crippen molar-refractivity contribution in [1.29, 1.82) is 0 Å². The fraction of sp³-hybridized carbons (Fsp3) is 0.714. The van der Waals surface area contributed by atoms with E-state index in [2.05, 4.69) is 15.6 Å². The summed E-state index contributed by atoms with van der Waals surface area (Å²) in [5, 5.41) is 10.9. The number of aromatic nitrogens is 3. The standard InChI is InChI=1S/C14H21N5O2/c1-3-11-12(20)15-14(6-4-5-7-14)13(21)19(11)9-10-8-18(2)17-16-10/h8,11H,3-7,9H2,1-2H3,(H,15,20). The van der Waals surface area contributed by atoms with Gasteiger partial charge in [0.15, 0.2) is 0 Å². The van der Waals surface area contributed by atoms with Crippen molar-refractivity contribution < 1.29 is 9.59 Å². The summed E-state index contributed by atoms with van der Waals surface area (Å²) >= 11 is 0. The monoisotopic (exact) mass is 291 g/mol. The molecule has 2 heterocycles. The summed E-state index contributed by atoms with van der Waals surface area (Å²) in [5.74, 6) is -0.00000614. The third kappa shape index (κ3) is 2.30. The van der Waals surface area contributed by atoms with E-state index in [1.165, 1.54) is 0 Å². The summed E-state index contributed by atoms with van der Waals surface area (Å²) in [6, 6.07) is -0.411. The van der Waals surface area contributed by atoms with Crippen molar-refractivity contribution in [2.45, 2.75) is 57.2 Å². The van der Waals surface area contributed by atoms with E-state index in [0.717, 1.165) is 25.7 Å². The quantitative estimate of drug-likeness (QED) is 0.872. The van der Waals surface area contributed by atoms with E-state index in [1.54, 1.807) is 22.8 Å². The van der Waals surface area contributed by atoms with Crippen LogP contribution in [0.25, 0.3) is 0 Å². The Hall–Kier alpha value is -1.92. The Morgan fingerprint density at radius 1 is 1.38 bits per heavy atom. The lowest BCUT2D eigenvalue weighted by Gasteiger charge is -2.44. The van der Waals surface area contributed by atoms with Gasteiger partial charge in [0.2, 0.25) is 11.8 Å². The lowest BCUT2D eigenvalue weighted by molar-refractivity contribution is -0.155. The number of hydrogen-bond donors (Lipinski definition) is 1. The molecular formula is C14H21N5O2. The van der Waals surface area contributed by atoms with Crippen molar-refractivity contribution >= 4 is 11.8 Å². The summed E-state index contributed by atoms with van der Waals surface area (Å²) < 4.78 is 1.61. The van der Waals surface area contributed by atoms with Crippen LogP contribution in [0.4, 0.5) is 0 Å². The summed E-state index contributed by atoms with van der Waals surface area (Å²) in [7, 11) is 1.79. The van der Waals surface area contributed by atoms with Crippen molar-refractivity contribution in [1.82, 2.24) is 25.2 Å². The average Bonchev–Trinajstić information content (AvgIpc) is 3.06. The van der Waals surface area contributed by atoms with Gasteiger partial charge in [-0.05, 0) is 19.3 Å². The molecule has 1 spiro atoms. The van der Waals surface area contributed by atoms with Crippen molar-refractivity contribution in [2.24, 2.45) is 7.05 Å². The molecule has 21 heavy (non-hydrogen) atoms. The molecule has 0 bridgehead atoms. The van der Waals surface area contributed by atoms with Crippen LogP contribution in [-0.4, -0.2) is 43.3 Å². The Morgan fingerprint density at radius 3 is 2.67 bits per heavy atom. The minimum absolute atomic E-state index is 0.0390. The molecule has 2 fully saturated rings. The second kappa shape index (κ2) is 5.13. The van der Waals surface area contributed by atoms with Gasteiger partial charge in [-0.1, -0.05) is 25.0 Å². The predicted molar refractivity (Wildman–Crippen MR) is 75.0 cm³/mol. The Bertz CT molecular complexity index is 561. The zero-order valence-electron chi connectivity index (χ0n) is 12.5. The van der Waals surface area contributed by atoms with Gasteiger partial charge in [0.1, 0.15) is 17.3 Å². The first-order valence-electron chi connectivity index (χ1n) is 7.54. The summed E-state index contributed by atoms with van der Waals surface area (Å²) in [5.41, 5.74) is 0.0393. The van der Waals surface area contributed by atoms with Crippen molar-refractivity contribution in [3.05, 3.63) is 11.9 Å². The van der Waals surface area contributed by atoms with E-state index in [4.69, 9.17) is 0 Å². The normalized spacial score (nSPS) is 24.7. The van der Waals surface area contributed by atoms with Gasteiger partial charge in [0.05, 0.1) is 6.54 Å². The highest BCUT2D eigenvalue weighted by Gasteiger charge is 2.51. The Balaban J connectivity index is 1.89. The van der Waals surface area contributed by atoms with E-state index >= 15 is 0 Å². The summed E-state index contributed by atoms with van der Waals surface area (Å²) in [6.07, 6.45) is 5.85. The molecule has 1 saturated heterocycles. The first-order chi connectivity index (χ1) is 10.1. The van der Waals surface area contributed by atoms with Gasteiger partial charge in [-0.3, -0.25) is 14.3 Å². The van der Waals surface area contributed by atoms with Crippen molar-refractivity contribution in [3.63, 3.8) is 0 Å². The number of carbonyl (C=O) groups is 2. The number of nitrogens with zero attached hydrogens (tertiary/aromatic N) is 4. The number of amides is 2. The third-order valence-corrected chi connectivity index (χ3v) is 4.54. The number of hydrogen-bond acceptors (Lipinski definition) is 4. The van der Waals surface area contributed by atoms with Crippen molar-refractivity contribution in [2.75, 3.05) is 0 Å². The third-order valence-electron chi connectivity index (χ3n) is 4.54. The zero-order valence-corrected chi connectivity index (χ0v) is 12.5. The highest BCUT2D eigenvalue weighted by molar-refractivity contribution is 6.00. The van der Waals surface area contributed by atoms with Gasteiger partial charge in [-0.25, -0.2) is 0 Å². The maximum atomic E-state index is 12.9. The van der Waals surface area contributed by atoms with E-state index in [9.17, 15) is 9.59 Å². The SMILES string of the molecule is CCC1C(=O)NC2(CCCC2)C(=O)N1Cc1cn(C)nn1. The van der Waals surface area contributed by atoms with Crippen LogP contribution in [0.5, 0.6) is 0 Å². The molecule has 114 valence electrons. The molecule has 1 atom stereocenters. The number of rotatable bonds is 3. The smallest absolute Gasteiger partial charge is 0.249 e. The minimum Gasteiger partial charge on any atom is -0.340 e. The van der Waals surface area contributed by atoms with Gasteiger partial charge < -0.3 is 10.2 Å². The van der Waals surface area contributed by atoms with E-state index < -0.39 is 11.6 Å². The van der Waals surface area contributed by atoms with Gasteiger partial charge in [0, 0.05) is 13.2 Å². The van der Waals surface area contributed by atoms with E-state index in [-0.39, 0.29) is 11.8 Å². The lowest BCUT2D eigenvalue weighted by atomic mass is 9.90. The van der Waals surface area contributed by atoms with Crippen LogP contribution in [-0.2, 0) is 23.2 Å². The zero-order chi connectivity index (χ0) is 15.0. The van der Waals surface area contributed by atoms with E-state index in [1.807, 2.05) is 6.92 Å². The van der Waals surface area contributed by atoms with Gasteiger partial charge in [0.25, 0.3) is 0 Å². The molecule has 1 saturated carbocycles. The molecule has 1 unspecified atom stereocenters. The number of carbonyl (C=O) groups excluding carboxylic acids is 2. The van der Waals surface area contributed by atoms with Crippen LogP contribution in [0.1, 0.15) is 44.7 Å². The second-order valence-corrected chi connectivity index (χ2v) is 6.02. The Morgan fingerprint density at radius 2 is 2.10 bits per heavy atom. The molecule has 7 nitrogen and oxygen atoms in total. The Kier molecular flexibility index (Phi) is 3.43. The highest BCUT2D eigenvalue weighted by atomic mass is 16.2. The molecule has 0 radical (unpaired) electrons. The number of piperazine rings is 1. The fourth-order valence-electron chi connectivity index (χ4n) is 3.48. The van der Waals surface area contributed by atoms with Gasteiger partial charge in [-0.15, -0.1) is 5.10 Å². The maximum Gasteiger partial charge on any atom is 0.249 e. The lowest BCUT2D eigenvalue weighted by Crippen LogP contribution is -2.69. The van der Waals surface area contributed by atoms with Crippen LogP contribution < -0.4 is 5.32 Å². The minimum atomic E-state index is -0.676. The van der Waals surface area contributed by atoms with E-state index in [0.29, 0.717) is 18.7 Å². The molecule has 1 aliphatic carbocycles. The molecule has 0 aromatic carbocycles. The molecule has 2 amide bonds. The molecule has 1 aromatic heterocycles. The van der Waals surface area contributed by atoms with Crippen LogP contribution in [0.2, 0.25) is 0 Å². The number of nitrogens with one attached hydrogen (secondary N) is 1. The van der Waals surface area contributed by atoms with Crippen LogP contribution in [0, 0.1) is 0 Å². The summed E-state index contributed by atoms with van der Waals surface area (Å²) in [4.78, 5) is 27.0. The number of aryl methyl sites for hydroxylation is 1. The van der Waals surface area contributed by atoms with Gasteiger partial charge >= 0.3 is 0 Å². The molecule has 2 aliphatic rings. The maximum absolute atomic E-state index is 12.9. The molecule has 3 rings (SSSR count). The largest absolute Gasteiger partial charge is 0.340 e. The average molecular weight is 291 g/mol. The van der Waals surface area contributed by atoms with Crippen molar-refractivity contribution in [3.8, 4) is 0 Å². The topological polar surface area (TPSA) is 80.1 Å². The predicted octanol–water partition coefficient (Wildman–Crippen LogP) is 0.365.